The summed E-state index contributed by atoms with van der Waals surface area (Å²) < 4.78 is 0. The predicted octanol–water partition coefficient (Wildman–Crippen LogP) is 3.25. The van der Waals surface area contributed by atoms with Crippen molar-refractivity contribution < 1.29 is 4.79 Å². The summed E-state index contributed by atoms with van der Waals surface area (Å²) in [6, 6.07) is 10.2. The molecule has 0 aliphatic carbocycles. The first-order chi connectivity index (χ1) is 9.47. The summed E-state index contributed by atoms with van der Waals surface area (Å²) in [5, 5.41) is 0. The zero-order chi connectivity index (χ0) is 14.7. The van der Waals surface area contributed by atoms with Gasteiger partial charge in [0, 0.05) is 23.5 Å². The number of hydrogen-bond acceptors (Lipinski definition) is 2. The van der Waals surface area contributed by atoms with E-state index in [4.69, 9.17) is 0 Å². The number of nitrogens with one attached hydrogen (secondary N) is 1. The number of aromatic nitrogens is 1. The molecule has 0 bridgehead atoms. The zero-order valence-electron chi connectivity index (χ0n) is 12.7. The number of likely N-dealkylation sites (N-methyl/N-ethyl adjacent to an activating group) is 1. The average molecular weight is 270 g/mol. The van der Waals surface area contributed by atoms with Gasteiger partial charge in [0.25, 0.3) is 0 Å². The predicted molar refractivity (Wildman–Crippen MR) is 82.1 cm³/mol. The summed E-state index contributed by atoms with van der Waals surface area (Å²) in [5.41, 5.74) is 5.33. The van der Waals surface area contributed by atoms with Crippen LogP contribution in [0, 0.1) is 20.8 Å². The molecule has 1 heterocycles. The van der Waals surface area contributed by atoms with Crippen molar-refractivity contribution in [3.63, 3.8) is 0 Å². The number of carbonyl (C=O) groups is 1. The van der Waals surface area contributed by atoms with Crippen LogP contribution in [0.25, 0.3) is 0 Å². The lowest BCUT2D eigenvalue weighted by Crippen LogP contribution is -2.26. The Bertz CT molecular complexity index is 613. The van der Waals surface area contributed by atoms with Gasteiger partial charge in [-0.2, -0.15) is 0 Å². The summed E-state index contributed by atoms with van der Waals surface area (Å²) in [4.78, 5) is 17.5. The van der Waals surface area contributed by atoms with Crippen LogP contribution >= 0.6 is 0 Å². The van der Waals surface area contributed by atoms with E-state index in [0.717, 1.165) is 23.5 Å². The molecule has 0 saturated heterocycles. The van der Waals surface area contributed by atoms with Crippen LogP contribution in [-0.4, -0.2) is 29.3 Å². The molecule has 3 heteroatoms. The lowest BCUT2D eigenvalue weighted by Gasteiger charge is -2.17. The third kappa shape index (κ3) is 3.36. The Morgan fingerprint density at radius 2 is 1.90 bits per heavy atom. The van der Waals surface area contributed by atoms with Crippen molar-refractivity contribution in [1.29, 1.82) is 0 Å². The highest BCUT2D eigenvalue weighted by Crippen LogP contribution is 2.13. The first kappa shape index (κ1) is 14.5. The fraction of sp³-hybridized carbons (Fsp3) is 0.353. The van der Waals surface area contributed by atoms with Crippen LogP contribution in [-0.2, 0) is 6.54 Å². The zero-order valence-corrected chi connectivity index (χ0v) is 12.7. The van der Waals surface area contributed by atoms with Crippen molar-refractivity contribution in [3.8, 4) is 0 Å². The maximum atomic E-state index is 12.3. The molecule has 1 aromatic heterocycles. The third-order valence-corrected chi connectivity index (χ3v) is 3.56. The third-order valence-electron chi connectivity index (χ3n) is 3.56. The molecule has 0 aliphatic heterocycles. The summed E-state index contributed by atoms with van der Waals surface area (Å²) in [5.74, 6) is 0.169. The second-order valence-electron chi connectivity index (χ2n) is 5.51. The number of hydrogen-bond donors (Lipinski definition) is 1. The normalized spacial score (nSPS) is 11.1. The van der Waals surface area contributed by atoms with E-state index in [-0.39, 0.29) is 5.78 Å². The summed E-state index contributed by atoms with van der Waals surface area (Å²) in [7, 11) is 1.99. The molecule has 1 aromatic carbocycles. The van der Waals surface area contributed by atoms with Crippen molar-refractivity contribution in [2.75, 3.05) is 13.6 Å². The number of benzene rings is 1. The van der Waals surface area contributed by atoms with E-state index in [1.165, 1.54) is 11.1 Å². The second kappa shape index (κ2) is 6.06. The highest BCUT2D eigenvalue weighted by Gasteiger charge is 2.14. The Morgan fingerprint density at radius 3 is 2.50 bits per heavy atom. The topological polar surface area (TPSA) is 36.1 Å². The quantitative estimate of drug-likeness (QED) is 0.847. The van der Waals surface area contributed by atoms with Crippen LogP contribution in [0.4, 0.5) is 0 Å². The first-order valence-corrected chi connectivity index (χ1v) is 6.90. The molecule has 2 rings (SSSR count). The fourth-order valence-electron chi connectivity index (χ4n) is 2.48. The molecule has 0 fully saturated rings. The van der Waals surface area contributed by atoms with Gasteiger partial charge < -0.3 is 4.98 Å². The maximum absolute atomic E-state index is 12.3. The number of aryl methyl sites for hydroxylation is 3. The Morgan fingerprint density at radius 1 is 1.20 bits per heavy atom. The molecule has 106 valence electrons. The van der Waals surface area contributed by atoms with Gasteiger partial charge in [-0.05, 0) is 45.0 Å². The molecule has 20 heavy (non-hydrogen) atoms. The number of nitrogens with zero attached hydrogens (tertiary/aromatic N) is 1. The van der Waals surface area contributed by atoms with E-state index in [2.05, 4.69) is 28.9 Å². The molecular weight excluding hydrogens is 248 g/mol. The van der Waals surface area contributed by atoms with Crippen LogP contribution in [0.1, 0.15) is 32.9 Å². The van der Waals surface area contributed by atoms with E-state index in [0.29, 0.717) is 6.54 Å². The Kier molecular flexibility index (Phi) is 4.40. The minimum Gasteiger partial charge on any atom is -0.362 e. The molecule has 0 spiro atoms. The van der Waals surface area contributed by atoms with Crippen LogP contribution in [0.2, 0.25) is 0 Å². The molecule has 0 radical (unpaired) electrons. The van der Waals surface area contributed by atoms with Gasteiger partial charge in [0.05, 0.1) is 6.54 Å². The number of aromatic amines is 1. The summed E-state index contributed by atoms with van der Waals surface area (Å²) >= 11 is 0. The Balaban J connectivity index is 2.01. The van der Waals surface area contributed by atoms with Gasteiger partial charge in [-0.3, -0.25) is 9.69 Å². The van der Waals surface area contributed by atoms with E-state index in [1.807, 2.05) is 39.1 Å². The minimum absolute atomic E-state index is 0.169. The molecule has 1 N–H and O–H groups in total. The number of ketones is 1. The van der Waals surface area contributed by atoms with Crippen molar-refractivity contribution in [2.24, 2.45) is 0 Å². The minimum atomic E-state index is 0.169. The van der Waals surface area contributed by atoms with E-state index >= 15 is 0 Å². The SMILES string of the molecule is Cc1cc(C(=O)CN(C)Cc2ccccc2C)c(C)[nH]1. The van der Waals surface area contributed by atoms with Crippen LogP contribution in [0.3, 0.4) is 0 Å². The van der Waals surface area contributed by atoms with E-state index < -0.39 is 0 Å². The van der Waals surface area contributed by atoms with Crippen molar-refractivity contribution in [1.82, 2.24) is 9.88 Å². The molecule has 0 atom stereocenters. The second-order valence-corrected chi connectivity index (χ2v) is 5.51. The van der Waals surface area contributed by atoms with Gasteiger partial charge in [-0.25, -0.2) is 0 Å². The molecule has 0 aliphatic rings. The number of H-pyrrole nitrogens is 1. The largest absolute Gasteiger partial charge is 0.362 e. The Hall–Kier alpha value is -1.87. The van der Waals surface area contributed by atoms with Crippen molar-refractivity contribution in [2.45, 2.75) is 27.3 Å². The van der Waals surface area contributed by atoms with E-state index in [1.54, 1.807) is 0 Å². The van der Waals surface area contributed by atoms with Crippen molar-refractivity contribution in [3.05, 3.63) is 58.4 Å². The summed E-state index contributed by atoms with van der Waals surface area (Å²) in [6.45, 7) is 7.25. The first-order valence-electron chi connectivity index (χ1n) is 6.90. The molecule has 0 unspecified atom stereocenters. The van der Waals surface area contributed by atoms with Crippen molar-refractivity contribution >= 4 is 5.78 Å². The van der Waals surface area contributed by atoms with Crippen LogP contribution < -0.4 is 0 Å². The van der Waals surface area contributed by atoms with Crippen LogP contribution in [0.15, 0.2) is 30.3 Å². The van der Waals surface area contributed by atoms with E-state index in [9.17, 15) is 4.79 Å². The molecule has 0 amide bonds. The van der Waals surface area contributed by atoms with Gasteiger partial charge in [-0.1, -0.05) is 24.3 Å². The number of Topliss-reactive ketones (excluding diaryl/α,β-unsaturated/α-hetero) is 1. The van der Waals surface area contributed by atoms with Gasteiger partial charge in [0.1, 0.15) is 0 Å². The lowest BCUT2D eigenvalue weighted by molar-refractivity contribution is 0.0942. The highest BCUT2D eigenvalue weighted by molar-refractivity contribution is 5.98. The summed E-state index contributed by atoms with van der Waals surface area (Å²) in [6.07, 6.45) is 0. The van der Waals surface area contributed by atoms with Gasteiger partial charge in [0.15, 0.2) is 5.78 Å². The molecule has 3 nitrogen and oxygen atoms in total. The number of rotatable bonds is 5. The lowest BCUT2D eigenvalue weighted by atomic mass is 10.1. The fourth-order valence-corrected chi connectivity index (χ4v) is 2.48. The van der Waals surface area contributed by atoms with Crippen LogP contribution in [0.5, 0.6) is 0 Å². The standard InChI is InChI=1S/C17H22N2O/c1-12-7-5-6-8-15(12)10-19(4)11-17(20)16-9-13(2)18-14(16)3/h5-9,18H,10-11H2,1-4H3. The maximum Gasteiger partial charge on any atom is 0.178 e. The van der Waals surface area contributed by atoms with Gasteiger partial charge >= 0.3 is 0 Å². The molecular formula is C17H22N2O. The smallest absolute Gasteiger partial charge is 0.178 e. The molecule has 2 aromatic rings. The van der Waals surface area contributed by atoms with Gasteiger partial charge in [0.2, 0.25) is 0 Å². The van der Waals surface area contributed by atoms with Gasteiger partial charge in [-0.15, -0.1) is 0 Å². The molecule has 0 saturated carbocycles. The number of carbonyl (C=O) groups excluding carboxylic acids is 1. The average Bonchev–Trinajstić information content (AvgIpc) is 2.71. The Labute approximate surface area is 120 Å². The monoisotopic (exact) mass is 270 g/mol. The highest BCUT2D eigenvalue weighted by atomic mass is 16.1.